The van der Waals surface area contributed by atoms with Crippen molar-refractivity contribution >= 4 is 45.4 Å². The average molecular weight is 675 g/mol. The smallest absolute Gasteiger partial charge is 0.405 e. The highest BCUT2D eigenvalue weighted by atomic mass is 79.9. The number of rotatable bonds is 12. The summed E-state index contributed by atoms with van der Waals surface area (Å²) in [5, 5.41) is 18.8. The normalized spacial score (nSPS) is 17.1. The number of hydrogen-bond acceptors (Lipinski definition) is 5. The molecule has 0 spiro atoms. The molecule has 0 bridgehead atoms. The molecule has 228 valence electrons. The van der Waals surface area contributed by atoms with Crippen molar-refractivity contribution in [2.75, 3.05) is 24.2 Å². The first-order valence-electron chi connectivity index (χ1n) is 14.7. The number of halogens is 1. The van der Waals surface area contributed by atoms with Gasteiger partial charge in [-0.3, -0.25) is 4.79 Å². The van der Waals surface area contributed by atoms with Gasteiger partial charge in [-0.25, -0.2) is 4.79 Å². The molecule has 0 radical (unpaired) electrons. The number of thioether (sulfide) groups is 1. The summed E-state index contributed by atoms with van der Waals surface area (Å²) >= 11 is 5.32. The van der Waals surface area contributed by atoms with Crippen molar-refractivity contribution in [1.29, 1.82) is 0 Å². The standard InChI is InChI=1S/C35H36BrN3O4S/c36-27-15-9-16-30(20-27)44-23-29-22-37-21-28(43-29)19-18-24-10-7-8-17-31(24)38-34(40)33(39-35(41)42)32(25-11-3-1-4-12-25)26-13-5-2-6-14-26/h1-17,20,28-29,32-33,37,39H,18-19,21-23H2,(H,38,40)(H,41,42)/t28-,29+,33?/m1/s1. The number of hydrogen-bond donors (Lipinski definition) is 4. The second-order valence-electron chi connectivity index (χ2n) is 10.7. The fourth-order valence-corrected chi connectivity index (χ4v) is 7.02. The molecule has 0 aliphatic carbocycles. The van der Waals surface area contributed by atoms with E-state index in [4.69, 9.17) is 4.74 Å². The third-order valence-electron chi connectivity index (χ3n) is 7.58. The molecule has 2 amide bonds. The third kappa shape index (κ3) is 8.95. The monoisotopic (exact) mass is 673 g/mol. The molecule has 1 unspecified atom stereocenters. The first-order valence-corrected chi connectivity index (χ1v) is 16.5. The number of nitrogens with one attached hydrogen (secondary N) is 3. The Balaban J connectivity index is 1.26. The summed E-state index contributed by atoms with van der Waals surface area (Å²) in [5.41, 5.74) is 3.33. The van der Waals surface area contributed by atoms with Gasteiger partial charge in [-0.15, -0.1) is 11.8 Å². The number of morpholine rings is 1. The van der Waals surface area contributed by atoms with Gasteiger partial charge in [0.2, 0.25) is 5.91 Å². The van der Waals surface area contributed by atoms with E-state index in [2.05, 4.69) is 44.0 Å². The Kier molecular flexibility index (Phi) is 11.5. The maximum absolute atomic E-state index is 13.9. The zero-order valence-corrected chi connectivity index (χ0v) is 26.6. The van der Waals surface area contributed by atoms with Gasteiger partial charge >= 0.3 is 6.09 Å². The minimum atomic E-state index is -1.26. The number of aryl methyl sites for hydroxylation is 1. The summed E-state index contributed by atoms with van der Waals surface area (Å²) < 4.78 is 7.50. The van der Waals surface area contributed by atoms with Crippen molar-refractivity contribution in [2.45, 2.75) is 41.9 Å². The zero-order chi connectivity index (χ0) is 30.7. The minimum Gasteiger partial charge on any atom is -0.465 e. The first kappa shape index (κ1) is 31.8. The molecule has 9 heteroatoms. The van der Waals surface area contributed by atoms with E-state index in [0.29, 0.717) is 12.1 Å². The van der Waals surface area contributed by atoms with E-state index in [1.807, 2.05) is 97.1 Å². The summed E-state index contributed by atoms with van der Waals surface area (Å²) in [5.74, 6) is -0.0823. The molecule has 5 rings (SSSR count). The zero-order valence-electron chi connectivity index (χ0n) is 24.2. The SMILES string of the molecule is O=C(O)NC(C(=O)Nc1ccccc1CC[C@@H]1CNC[C@@H](CSc2cccc(Br)c2)O1)C(c1ccccc1)c1ccccc1. The number of carbonyl (C=O) groups is 2. The molecule has 1 saturated heterocycles. The van der Waals surface area contributed by atoms with Gasteiger partial charge in [0, 0.05) is 39.8 Å². The molecule has 1 aliphatic heterocycles. The summed E-state index contributed by atoms with van der Waals surface area (Å²) in [6, 6.07) is 33.9. The van der Waals surface area contributed by atoms with Gasteiger partial charge in [-0.05, 0) is 53.8 Å². The summed E-state index contributed by atoms with van der Waals surface area (Å²) in [6.07, 6.45) is 0.369. The van der Waals surface area contributed by atoms with Crippen LogP contribution in [0.25, 0.3) is 0 Å². The second-order valence-corrected chi connectivity index (χ2v) is 12.7. The van der Waals surface area contributed by atoms with Gasteiger partial charge in [-0.2, -0.15) is 0 Å². The van der Waals surface area contributed by atoms with Crippen LogP contribution in [-0.2, 0) is 16.0 Å². The molecule has 4 N–H and O–H groups in total. The van der Waals surface area contributed by atoms with Crippen molar-refractivity contribution in [3.63, 3.8) is 0 Å². The second kappa shape index (κ2) is 15.9. The van der Waals surface area contributed by atoms with E-state index in [-0.39, 0.29) is 12.2 Å². The maximum Gasteiger partial charge on any atom is 0.405 e. The van der Waals surface area contributed by atoms with Crippen LogP contribution in [0.1, 0.15) is 29.0 Å². The number of carbonyl (C=O) groups excluding carboxylic acids is 1. The van der Waals surface area contributed by atoms with Crippen molar-refractivity contribution in [3.05, 3.63) is 130 Å². The molecule has 0 aromatic heterocycles. The quantitative estimate of drug-likeness (QED) is 0.122. The minimum absolute atomic E-state index is 0.0441. The lowest BCUT2D eigenvalue weighted by molar-refractivity contribution is -0.118. The Morgan fingerprint density at radius 3 is 2.23 bits per heavy atom. The molecule has 0 saturated carbocycles. The Bertz CT molecular complexity index is 1490. The van der Waals surface area contributed by atoms with Crippen molar-refractivity contribution < 1.29 is 19.4 Å². The molecule has 44 heavy (non-hydrogen) atoms. The van der Waals surface area contributed by atoms with E-state index >= 15 is 0 Å². The highest BCUT2D eigenvalue weighted by molar-refractivity contribution is 9.10. The molecule has 3 atom stereocenters. The van der Waals surface area contributed by atoms with Gasteiger partial charge in [0.1, 0.15) is 6.04 Å². The molecule has 4 aromatic rings. The maximum atomic E-state index is 13.9. The van der Waals surface area contributed by atoms with Crippen LogP contribution in [-0.4, -0.2) is 54.2 Å². The van der Waals surface area contributed by atoms with Crippen LogP contribution in [0.15, 0.2) is 119 Å². The van der Waals surface area contributed by atoms with Crippen molar-refractivity contribution in [3.8, 4) is 0 Å². The number of anilines is 1. The van der Waals surface area contributed by atoms with Crippen LogP contribution in [0.4, 0.5) is 10.5 Å². The topological polar surface area (TPSA) is 99.7 Å². The van der Waals surface area contributed by atoms with Gasteiger partial charge in [-0.1, -0.05) is 101 Å². The largest absolute Gasteiger partial charge is 0.465 e. The predicted octanol–water partition coefficient (Wildman–Crippen LogP) is 6.94. The van der Waals surface area contributed by atoms with Crippen LogP contribution >= 0.6 is 27.7 Å². The summed E-state index contributed by atoms with van der Waals surface area (Å²) in [6.45, 7) is 1.58. The van der Waals surface area contributed by atoms with Crippen molar-refractivity contribution in [1.82, 2.24) is 10.6 Å². The third-order valence-corrected chi connectivity index (χ3v) is 9.20. The van der Waals surface area contributed by atoms with Crippen LogP contribution in [0.5, 0.6) is 0 Å². The fourth-order valence-electron chi connectivity index (χ4n) is 5.51. The summed E-state index contributed by atoms with van der Waals surface area (Å²) in [4.78, 5) is 27.0. The average Bonchev–Trinajstić information content (AvgIpc) is 3.04. The van der Waals surface area contributed by atoms with Gasteiger partial charge in [0.25, 0.3) is 0 Å². The molecule has 4 aromatic carbocycles. The molecule has 7 nitrogen and oxygen atoms in total. The number of ether oxygens (including phenoxy) is 1. The molecular formula is C35H36BrN3O4S. The molecular weight excluding hydrogens is 638 g/mol. The van der Waals surface area contributed by atoms with Crippen LogP contribution in [0, 0.1) is 0 Å². The van der Waals surface area contributed by atoms with E-state index in [9.17, 15) is 14.7 Å². The van der Waals surface area contributed by atoms with Crippen LogP contribution < -0.4 is 16.0 Å². The Hall–Kier alpha value is -3.63. The molecule has 1 heterocycles. The first-order chi connectivity index (χ1) is 21.5. The number of benzene rings is 4. The Morgan fingerprint density at radius 2 is 1.55 bits per heavy atom. The fraction of sp³-hybridized carbons (Fsp3) is 0.257. The van der Waals surface area contributed by atoms with E-state index in [1.54, 1.807) is 11.8 Å². The lowest BCUT2D eigenvalue weighted by Crippen LogP contribution is -2.47. The van der Waals surface area contributed by atoms with E-state index in [0.717, 1.165) is 46.4 Å². The van der Waals surface area contributed by atoms with E-state index < -0.39 is 24.0 Å². The lowest BCUT2D eigenvalue weighted by Gasteiger charge is -2.31. The van der Waals surface area contributed by atoms with Gasteiger partial charge in [0.15, 0.2) is 0 Å². The number of amides is 2. The van der Waals surface area contributed by atoms with Gasteiger partial charge < -0.3 is 25.8 Å². The highest BCUT2D eigenvalue weighted by Gasteiger charge is 2.33. The van der Waals surface area contributed by atoms with Crippen LogP contribution in [0.2, 0.25) is 0 Å². The van der Waals surface area contributed by atoms with Gasteiger partial charge in [0.05, 0.1) is 12.2 Å². The number of para-hydroxylation sites is 1. The molecule has 1 fully saturated rings. The Morgan fingerprint density at radius 1 is 0.886 bits per heavy atom. The highest BCUT2D eigenvalue weighted by Crippen LogP contribution is 2.30. The van der Waals surface area contributed by atoms with Crippen molar-refractivity contribution in [2.24, 2.45) is 0 Å². The predicted molar refractivity (Wildman–Crippen MR) is 179 cm³/mol. The number of carboxylic acid groups (broad SMARTS) is 1. The lowest BCUT2D eigenvalue weighted by atomic mass is 9.84. The summed E-state index contributed by atoms with van der Waals surface area (Å²) in [7, 11) is 0. The van der Waals surface area contributed by atoms with Crippen LogP contribution in [0.3, 0.4) is 0 Å². The Labute approximate surface area is 270 Å². The molecule has 1 aliphatic rings. The van der Waals surface area contributed by atoms with E-state index in [1.165, 1.54) is 4.90 Å².